The molecule has 6 atom stereocenters. The van der Waals surface area contributed by atoms with Crippen molar-refractivity contribution >= 4 is 41.0 Å². The first kappa shape index (κ1) is 35.9. The molecule has 0 bridgehead atoms. The van der Waals surface area contributed by atoms with Crippen LogP contribution in [-0.2, 0) is 4.79 Å². The third kappa shape index (κ3) is 7.83. The highest BCUT2D eigenvalue weighted by Gasteiger charge is 2.44. The average molecular weight is 727 g/mol. The number of nitrogens with one attached hydrogen (secondary N) is 4. The molecule has 0 spiro atoms. The van der Waals surface area contributed by atoms with Gasteiger partial charge in [-0.05, 0) is 30.4 Å². The lowest BCUT2D eigenvalue weighted by atomic mass is 9.91. The van der Waals surface area contributed by atoms with E-state index in [1.54, 1.807) is 17.8 Å². The topological polar surface area (TPSA) is 210 Å². The zero-order valence-corrected chi connectivity index (χ0v) is 29.5. The Kier molecular flexibility index (Phi) is 10.6. The van der Waals surface area contributed by atoms with Crippen LogP contribution in [0.4, 0.5) is 21.4 Å². The van der Waals surface area contributed by atoms with Crippen molar-refractivity contribution in [3.8, 4) is 0 Å². The first-order valence-electron chi connectivity index (χ1n) is 18.2. The minimum atomic E-state index is -1.17. The maximum absolute atomic E-state index is 12.9. The second kappa shape index (κ2) is 15.6. The minimum Gasteiger partial charge on any atom is -0.465 e. The van der Waals surface area contributed by atoms with Crippen LogP contribution < -0.4 is 26.2 Å². The third-order valence-electron chi connectivity index (χ3n) is 10.6. The normalized spacial score (nSPS) is 24.2. The zero-order valence-electron chi connectivity index (χ0n) is 29.5. The lowest BCUT2D eigenvalue weighted by Crippen LogP contribution is -2.48. The van der Waals surface area contributed by atoms with E-state index < -0.39 is 30.4 Å². The summed E-state index contributed by atoms with van der Waals surface area (Å²) in [4.78, 5) is 54.3. The van der Waals surface area contributed by atoms with Gasteiger partial charge in [-0.25, -0.2) is 14.6 Å². The molecular formula is C37H46N10O6. The van der Waals surface area contributed by atoms with Crippen LogP contribution in [0, 0.1) is 0 Å². The number of aromatic nitrogens is 4. The number of anilines is 2. The highest BCUT2D eigenvalue weighted by molar-refractivity contribution is 5.85. The van der Waals surface area contributed by atoms with Crippen LogP contribution in [0.3, 0.4) is 0 Å². The Balaban J connectivity index is 1.15. The van der Waals surface area contributed by atoms with Crippen molar-refractivity contribution in [2.45, 2.75) is 74.9 Å². The number of aliphatic hydroxyl groups is 2. The smallest absolute Gasteiger partial charge is 0.407 e. The number of fused-ring (bicyclic) bond motifs is 1. The Morgan fingerprint density at radius 3 is 2.17 bits per heavy atom. The maximum atomic E-state index is 12.9. The molecule has 7 N–H and O–H groups in total. The van der Waals surface area contributed by atoms with Crippen LogP contribution in [0.1, 0.15) is 55.7 Å². The molecule has 4 aromatic rings. The molecule has 16 heteroatoms. The Morgan fingerprint density at radius 1 is 0.868 bits per heavy atom. The summed E-state index contributed by atoms with van der Waals surface area (Å²) in [6.07, 6.45) is -0.0109. The Labute approximate surface area is 306 Å². The number of nitrogens with zero attached hydrogens (tertiary/aromatic N) is 6. The number of aliphatic hydroxyl groups excluding tert-OH is 2. The zero-order chi connectivity index (χ0) is 37.1. The molecule has 4 heterocycles. The lowest BCUT2D eigenvalue weighted by molar-refractivity contribution is -0.122. The fourth-order valence-corrected chi connectivity index (χ4v) is 7.67. The predicted molar refractivity (Wildman–Crippen MR) is 197 cm³/mol. The van der Waals surface area contributed by atoms with Crippen molar-refractivity contribution in [2.24, 2.45) is 0 Å². The van der Waals surface area contributed by atoms with E-state index in [4.69, 9.17) is 15.0 Å². The lowest BCUT2D eigenvalue weighted by Gasteiger charge is -2.22. The van der Waals surface area contributed by atoms with Gasteiger partial charge in [-0.3, -0.25) is 4.79 Å². The minimum absolute atomic E-state index is 0.0102. The van der Waals surface area contributed by atoms with E-state index in [1.165, 1.54) is 4.90 Å². The number of imidazole rings is 1. The van der Waals surface area contributed by atoms with Crippen molar-refractivity contribution in [1.82, 2.24) is 40.4 Å². The molecule has 0 radical (unpaired) electrons. The van der Waals surface area contributed by atoms with E-state index in [0.29, 0.717) is 62.0 Å². The summed E-state index contributed by atoms with van der Waals surface area (Å²) < 4.78 is 1.75. The fraction of sp³-hybridized carbons (Fsp3) is 0.459. The molecule has 16 nitrogen and oxygen atoms in total. The maximum Gasteiger partial charge on any atom is 0.407 e. The largest absolute Gasteiger partial charge is 0.465 e. The van der Waals surface area contributed by atoms with Gasteiger partial charge >= 0.3 is 12.1 Å². The Morgan fingerprint density at radius 2 is 1.53 bits per heavy atom. The molecule has 3 fully saturated rings. The number of rotatable bonds is 11. The fourth-order valence-electron chi connectivity index (χ4n) is 7.67. The van der Waals surface area contributed by atoms with Crippen molar-refractivity contribution in [1.29, 1.82) is 0 Å². The Hall–Kier alpha value is -5.48. The van der Waals surface area contributed by atoms with E-state index in [9.17, 15) is 29.7 Å². The molecule has 2 aliphatic heterocycles. The number of hydrogen-bond acceptors (Lipinski definition) is 10. The van der Waals surface area contributed by atoms with Gasteiger partial charge in [-0.2, -0.15) is 9.97 Å². The van der Waals surface area contributed by atoms with E-state index in [-0.39, 0.29) is 49.3 Å². The first-order chi connectivity index (χ1) is 25.7. The van der Waals surface area contributed by atoms with Crippen LogP contribution in [-0.4, -0.2) is 121 Å². The number of urea groups is 1. The highest BCUT2D eigenvalue weighted by Crippen LogP contribution is 2.35. The average Bonchev–Trinajstić information content (AvgIpc) is 3.98. The van der Waals surface area contributed by atoms with Crippen LogP contribution >= 0.6 is 0 Å². The van der Waals surface area contributed by atoms with Crippen molar-refractivity contribution in [3.63, 3.8) is 0 Å². The van der Waals surface area contributed by atoms with E-state index in [2.05, 4.69) is 45.5 Å². The standard InChI is InChI=1S/C37H46N10O6/c1-2-29(48)42-27-17-28(32(50)31(27)49)47-21-39-30-33(38-18-26(22-9-5-3-6-10-22)23-11-7-4-8-12-23)43-35(44-34(30)47)45-15-13-24(19-45)40-36(51)41-25-14-16-46(20-25)37(52)53/h3-12,21,24-28,31-32,49-50H,2,13-20H2,1H3,(H,42,48)(H,52,53)(H,38,43,44)(H2,40,41,51)/t24-,25-,27+,28-,31-,32+/m1/s1. The van der Waals surface area contributed by atoms with E-state index >= 15 is 0 Å². The van der Waals surface area contributed by atoms with Crippen LogP contribution in [0.2, 0.25) is 0 Å². The summed E-state index contributed by atoms with van der Waals surface area (Å²) in [5.41, 5.74) is 3.22. The summed E-state index contributed by atoms with van der Waals surface area (Å²) >= 11 is 0. The van der Waals surface area contributed by atoms with Crippen LogP contribution in [0.25, 0.3) is 11.2 Å². The van der Waals surface area contributed by atoms with Gasteiger partial charge in [-0.1, -0.05) is 67.6 Å². The number of benzene rings is 2. The molecule has 1 aliphatic carbocycles. The number of amides is 4. The first-order valence-corrected chi connectivity index (χ1v) is 18.2. The quantitative estimate of drug-likeness (QED) is 0.119. The van der Waals surface area contributed by atoms with E-state index in [1.807, 2.05) is 41.3 Å². The van der Waals surface area contributed by atoms with Gasteiger partial charge in [-0.15, -0.1) is 0 Å². The van der Waals surface area contributed by atoms with E-state index in [0.717, 1.165) is 11.1 Å². The molecule has 2 aromatic heterocycles. The summed E-state index contributed by atoms with van der Waals surface area (Å²) in [7, 11) is 0. The van der Waals surface area contributed by atoms with Gasteiger partial charge in [0.25, 0.3) is 0 Å². The number of likely N-dealkylation sites (tertiary alicyclic amines) is 1. The Bertz CT molecular complexity index is 1870. The SMILES string of the molecule is CCC(=O)N[C@H]1C[C@@H](n2cnc3c(NCC(c4ccccc4)c4ccccc4)nc(N4CC[C@@H](NC(=O)N[C@@H]5CCN(C(=O)O)C5)C4)nc32)[C@H](O)[C@@H]1O. The third-order valence-corrected chi connectivity index (χ3v) is 10.6. The number of carboxylic acid groups (broad SMARTS) is 1. The van der Waals surface area contributed by atoms with Gasteiger partial charge in [0.05, 0.1) is 18.4 Å². The second-order valence-electron chi connectivity index (χ2n) is 14.0. The molecule has 0 unspecified atom stereocenters. The predicted octanol–water partition coefficient (Wildman–Crippen LogP) is 2.26. The van der Waals surface area contributed by atoms with Gasteiger partial charge in [0.1, 0.15) is 12.2 Å². The second-order valence-corrected chi connectivity index (χ2v) is 14.0. The van der Waals surface area contributed by atoms with Crippen molar-refractivity contribution in [3.05, 3.63) is 78.1 Å². The molecule has 4 amide bonds. The molecule has 7 rings (SSSR count). The molecule has 2 aromatic carbocycles. The van der Waals surface area contributed by atoms with Crippen molar-refractivity contribution in [2.75, 3.05) is 42.9 Å². The number of carbonyl (C=O) groups excluding carboxylic acids is 2. The molecule has 1 saturated carbocycles. The monoisotopic (exact) mass is 726 g/mol. The number of carbonyl (C=O) groups is 3. The van der Waals surface area contributed by atoms with Crippen LogP contribution in [0.15, 0.2) is 67.0 Å². The molecular weight excluding hydrogens is 680 g/mol. The van der Waals surface area contributed by atoms with Crippen LogP contribution in [0.5, 0.6) is 0 Å². The van der Waals surface area contributed by atoms with Crippen molar-refractivity contribution < 1.29 is 29.7 Å². The molecule has 2 saturated heterocycles. The summed E-state index contributed by atoms with van der Waals surface area (Å²) in [6, 6.07) is 18.4. The summed E-state index contributed by atoms with van der Waals surface area (Å²) in [5.74, 6) is 0.697. The summed E-state index contributed by atoms with van der Waals surface area (Å²) in [5, 5.41) is 43.6. The van der Waals surface area contributed by atoms with Gasteiger partial charge in [0.15, 0.2) is 17.0 Å². The molecule has 3 aliphatic rings. The van der Waals surface area contributed by atoms with Gasteiger partial charge < -0.3 is 51.0 Å². The van der Waals surface area contributed by atoms with Gasteiger partial charge in [0.2, 0.25) is 11.9 Å². The van der Waals surface area contributed by atoms with Gasteiger partial charge in [0, 0.05) is 57.1 Å². The number of hydrogen-bond donors (Lipinski definition) is 7. The molecule has 53 heavy (non-hydrogen) atoms. The molecule has 280 valence electrons. The summed E-state index contributed by atoms with van der Waals surface area (Å²) in [6.45, 7) is 3.86. The highest BCUT2D eigenvalue weighted by atomic mass is 16.4.